The van der Waals surface area contributed by atoms with Crippen molar-refractivity contribution in [2.45, 2.75) is 0 Å². The second kappa shape index (κ2) is 4.74. The Balaban J connectivity index is 1.88. The highest BCUT2D eigenvalue weighted by Gasteiger charge is 2.16. The lowest BCUT2D eigenvalue weighted by Crippen LogP contribution is -2.10. The molecule has 0 fully saturated rings. The Morgan fingerprint density at radius 1 is 1.35 bits per heavy atom. The van der Waals surface area contributed by atoms with Gasteiger partial charge in [0.15, 0.2) is 0 Å². The van der Waals surface area contributed by atoms with Gasteiger partial charge in [-0.15, -0.1) is 0 Å². The molecule has 0 saturated carbocycles. The molecule has 100 valence electrons. The van der Waals surface area contributed by atoms with E-state index < -0.39 is 4.92 Å². The third-order valence-electron chi connectivity index (χ3n) is 2.72. The van der Waals surface area contributed by atoms with E-state index >= 15 is 0 Å². The number of aromatic nitrogens is 2. The number of hydrogen-bond donors (Lipinski definition) is 2. The summed E-state index contributed by atoms with van der Waals surface area (Å²) in [6.07, 6.45) is 1.65. The molecular weight excluding hydrogens is 280 g/mol. The van der Waals surface area contributed by atoms with Crippen LogP contribution in [0.3, 0.4) is 0 Å². The van der Waals surface area contributed by atoms with Crippen molar-refractivity contribution in [2.75, 3.05) is 5.32 Å². The maximum absolute atomic E-state index is 12.1. The van der Waals surface area contributed by atoms with Crippen molar-refractivity contribution in [3.05, 3.63) is 51.5 Å². The molecule has 0 spiro atoms. The van der Waals surface area contributed by atoms with Crippen molar-refractivity contribution in [1.82, 2.24) is 10.2 Å². The standard InChI is InChI=1S/C12H8N4O3S/c17-12(9-4-5-10(20-9)16(18)19)14-8-3-1-2-7-6-13-15-11(7)8/h1-6H,(H,13,15)(H,14,17). The number of benzene rings is 1. The number of H-pyrrole nitrogens is 1. The zero-order valence-electron chi connectivity index (χ0n) is 9.99. The molecule has 3 rings (SSSR count). The number of hydrogen-bond acceptors (Lipinski definition) is 5. The SMILES string of the molecule is O=C(Nc1cccc2cn[nH]c12)c1ccc([N+](=O)[O-])s1. The first-order valence-corrected chi connectivity index (χ1v) is 6.44. The maximum Gasteiger partial charge on any atom is 0.324 e. The van der Waals surface area contributed by atoms with E-state index in [0.717, 1.165) is 16.7 Å². The molecule has 3 aromatic rings. The van der Waals surface area contributed by atoms with Crippen molar-refractivity contribution in [2.24, 2.45) is 0 Å². The molecule has 0 atom stereocenters. The molecule has 20 heavy (non-hydrogen) atoms. The second-order valence-electron chi connectivity index (χ2n) is 3.99. The van der Waals surface area contributed by atoms with Crippen molar-refractivity contribution in [1.29, 1.82) is 0 Å². The Bertz CT molecular complexity index is 808. The zero-order chi connectivity index (χ0) is 14.1. The number of carbonyl (C=O) groups excluding carboxylic acids is 1. The van der Waals surface area contributed by atoms with E-state index in [1.54, 1.807) is 18.3 Å². The summed E-state index contributed by atoms with van der Waals surface area (Å²) in [5, 5.41) is 20.8. The third kappa shape index (κ3) is 2.12. The number of nitrogens with one attached hydrogen (secondary N) is 2. The molecule has 0 unspecified atom stereocenters. The summed E-state index contributed by atoms with van der Waals surface area (Å²) in [5.74, 6) is -0.384. The van der Waals surface area contributed by atoms with Crippen LogP contribution in [0.2, 0.25) is 0 Å². The number of aromatic amines is 1. The molecule has 2 heterocycles. The van der Waals surface area contributed by atoms with E-state index in [0.29, 0.717) is 11.2 Å². The van der Waals surface area contributed by atoms with Crippen LogP contribution in [0, 0.1) is 10.1 Å². The molecule has 1 amide bonds. The van der Waals surface area contributed by atoms with Crippen LogP contribution in [-0.4, -0.2) is 21.0 Å². The number of nitrogens with zero attached hydrogens (tertiary/aromatic N) is 2. The number of rotatable bonds is 3. The van der Waals surface area contributed by atoms with Crippen LogP contribution in [0.1, 0.15) is 9.67 Å². The molecule has 2 aromatic heterocycles. The normalized spacial score (nSPS) is 10.6. The summed E-state index contributed by atoms with van der Waals surface area (Å²) in [7, 11) is 0. The topological polar surface area (TPSA) is 101 Å². The molecule has 2 N–H and O–H groups in total. The van der Waals surface area contributed by atoms with Crippen molar-refractivity contribution in [3.8, 4) is 0 Å². The van der Waals surface area contributed by atoms with E-state index in [2.05, 4.69) is 15.5 Å². The average molecular weight is 288 g/mol. The van der Waals surface area contributed by atoms with Crippen LogP contribution in [0.25, 0.3) is 10.9 Å². The van der Waals surface area contributed by atoms with Crippen LogP contribution in [0.4, 0.5) is 10.7 Å². The molecule has 8 heteroatoms. The van der Waals surface area contributed by atoms with Crippen LogP contribution < -0.4 is 5.32 Å². The fourth-order valence-electron chi connectivity index (χ4n) is 1.80. The van der Waals surface area contributed by atoms with Gasteiger partial charge >= 0.3 is 5.00 Å². The molecular formula is C12H8N4O3S. The predicted molar refractivity (Wildman–Crippen MR) is 75.0 cm³/mol. The Morgan fingerprint density at radius 2 is 2.20 bits per heavy atom. The van der Waals surface area contributed by atoms with E-state index in [4.69, 9.17) is 0 Å². The van der Waals surface area contributed by atoms with Gasteiger partial charge in [0.2, 0.25) is 0 Å². The van der Waals surface area contributed by atoms with Gasteiger partial charge in [-0.3, -0.25) is 20.0 Å². The van der Waals surface area contributed by atoms with Gasteiger partial charge in [0.05, 0.1) is 27.2 Å². The molecule has 1 aromatic carbocycles. The minimum atomic E-state index is -0.517. The van der Waals surface area contributed by atoms with Gasteiger partial charge in [-0.2, -0.15) is 5.10 Å². The highest BCUT2D eigenvalue weighted by atomic mass is 32.1. The van der Waals surface area contributed by atoms with Gasteiger partial charge in [0.25, 0.3) is 5.91 Å². The van der Waals surface area contributed by atoms with Gasteiger partial charge in [-0.1, -0.05) is 23.5 Å². The monoisotopic (exact) mass is 288 g/mol. The van der Waals surface area contributed by atoms with Crippen LogP contribution in [-0.2, 0) is 0 Å². The number of anilines is 1. The number of para-hydroxylation sites is 1. The van der Waals surface area contributed by atoms with Gasteiger partial charge in [0, 0.05) is 11.5 Å². The summed E-state index contributed by atoms with van der Waals surface area (Å²) in [6, 6.07) is 8.15. The summed E-state index contributed by atoms with van der Waals surface area (Å²) in [6.45, 7) is 0. The molecule has 0 radical (unpaired) electrons. The molecule has 0 aliphatic heterocycles. The largest absolute Gasteiger partial charge is 0.324 e. The summed E-state index contributed by atoms with van der Waals surface area (Å²) in [5.41, 5.74) is 1.30. The Hall–Kier alpha value is -2.74. The van der Waals surface area contributed by atoms with Crippen LogP contribution in [0.15, 0.2) is 36.5 Å². The average Bonchev–Trinajstić information content (AvgIpc) is 3.08. The molecule has 0 bridgehead atoms. The number of amides is 1. The van der Waals surface area contributed by atoms with Crippen molar-refractivity contribution < 1.29 is 9.72 Å². The first-order chi connectivity index (χ1) is 9.65. The lowest BCUT2D eigenvalue weighted by molar-refractivity contribution is -0.380. The second-order valence-corrected chi connectivity index (χ2v) is 5.05. The molecule has 7 nitrogen and oxygen atoms in total. The summed E-state index contributed by atoms with van der Waals surface area (Å²) in [4.78, 5) is 22.4. The highest BCUT2D eigenvalue weighted by Crippen LogP contribution is 2.26. The van der Waals surface area contributed by atoms with Crippen molar-refractivity contribution in [3.63, 3.8) is 0 Å². The van der Waals surface area contributed by atoms with Gasteiger partial charge in [-0.05, 0) is 12.1 Å². The van der Waals surface area contributed by atoms with E-state index in [1.807, 2.05) is 6.07 Å². The lowest BCUT2D eigenvalue weighted by atomic mass is 10.2. The minimum Gasteiger partial charge on any atom is -0.319 e. The van der Waals surface area contributed by atoms with Crippen molar-refractivity contribution >= 4 is 38.8 Å². The number of carbonyl (C=O) groups is 1. The Labute approximate surface area is 116 Å². The Morgan fingerprint density at radius 3 is 2.95 bits per heavy atom. The maximum atomic E-state index is 12.1. The third-order valence-corrected chi connectivity index (χ3v) is 3.76. The number of fused-ring (bicyclic) bond motifs is 1. The van der Waals surface area contributed by atoms with E-state index in [9.17, 15) is 14.9 Å². The summed E-state index contributed by atoms with van der Waals surface area (Å²) < 4.78 is 0. The number of nitro groups is 1. The summed E-state index contributed by atoms with van der Waals surface area (Å²) >= 11 is 0.839. The highest BCUT2D eigenvalue weighted by molar-refractivity contribution is 7.17. The first kappa shape index (κ1) is 12.3. The predicted octanol–water partition coefficient (Wildman–Crippen LogP) is 2.78. The molecule has 0 saturated heterocycles. The first-order valence-electron chi connectivity index (χ1n) is 5.63. The molecule has 0 aliphatic rings. The van der Waals surface area contributed by atoms with Gasteiger partial charge < -0.3 is 5.32 Å². The quantitative estimate of drug-likeness (QED) is 0.571. The van der Waals surface area contributed by atoms with Gasteiger partial charge in [0.1, 0.15) is 0 Å². The van der Waals surface area contributed by atoms with Gasteiger partial charge in [-0.25, -0.2) is 0 Å². The minimum absolute atomic E-state index is 0.0603. The van der Waals surface area contributed by atoms with E-state index in [-0.39, 0.29) is 15.8 Å². The fourth-order valence-corrected chi connectivity index (χ4v) is 2.52. The number of thiophene rings is 1. The zero-order valence-corrected chi connectivity index (χ0v) is 10.8. The van der Waals surface area contributed by atoms with Crippen LogP contribution >= 0.6 is 11.3 Å². The smallest absolute Gasteiger partial charge is 0.319 e. The van der Waals surface area contributed by atoms with E-state index in [1.165, 1.54) is 12.1 Å². The van der Waals surface area contributed by atoms with Crippen LogP contribution in [0.5, 0.6) is 0 Å². The fraction of sp³-hybridized carbons (Fsp3) is 0. The Kier molecular flexibility index (Phi) is 2.92. The molecule has 0 aliphatic carbocycles. The lowest BCUT2D eigenvalue weighted by Gasteiger charge is -2.04.